The molecule has 2 heterocycles. The fourth-order valence-corrected chi connectivity index (χ4v) is 2.49. The molecule has 0 radical (unpaired) electrons. The van der Waals surface area contributed by atoms with Crippen molar-refractivity contribution >= 4 is 17.3 Å². The summed E-state index contributed by atoms with van der Waals surface area (Å²) >= 11 is 0. The van der Waals surface area contributed by atoms with Gasteiger partial charge in [-0.15, -0.1) is 0 Å². The Morgan fingerprint density at radius 2 is 2.09 bits per heavy atom. The Bertz CT molecular complexity index is 576. The van der Waals surface area contributed by atoms with Gasteiger partial charge in [-0.25, -0.2) is 0 Å². The van der Waals surface area contributed by atoms with Crippen LogP contribution in [0.2, 0.25) is 0 Å². The lowest BCUT2D eigenvalue weighted by Crippen LogP contribution is -2.41. The number of likely N-dealkylation sites (tertiary alicyclic amines) is 1. The first-order valence-electron chi connectivity index (χ1n) is 7.40. The molecule has 1 aromatic rings. The van der Waals surface area contributed by atoms with Crippen LogP contribution < -0.4 is 5.32 Å². The van der Waals surface area contributed by atoms with Crippen molar-refractivity contribution in [1.82, 2.24) is 9.88 Å². The maximum Gasteiger partial charge on any atom is 0.292 e. The van der Waals surface area contributed by atoms with Crippen molar-refractivity contribution in [1.29, 1.82) is 0 Å². The molecule has 1 fully saturated rings. The molecule has 0 atom stereocenters. The first-order chi connectivity index (χ1) is 10.3. The number of carbonyl (C=O) groups is 1. The third kappa shape index (κ3) is 4.24. The number of rotatable bonds is 4. The number of nitrogens with zero attached hydrogens (tertiary/aromatic N) is 3. The van der Waals surface area contributed by atoms with Crippen LogP contribution in [-0.2, 0) is 4.79 Å². The van der Waals surface area contributed by atoms with Crippen LogP contribution in [0.5, 0.6) is 0 Å². The number of nitrogens with one attached hydrogen (secondary N) is 1. The number of piperidine rings is 1. The van der Waals surface area contributed by atoms with Crippen LogP contribution in [0.15, 0.2) is 12.3 Å². The Balaban J connectivity index is 1.93. The quantitative estimate of drug-likeness (QED) is 0.681. The molecule has 22 heavy (non-hydrogen) atoms. The Morgan fingerprint density at radius 3 is 2.68 bits per heavy atom. The van der Waals surface area contributed by atoms with Crippen molar-refractivity contribution in [2.75, 3.05) is 25.0 Å². The third-order valence-corrected chi connectivity index (χ3v) is 4.12. The fraction of sp³-hybridized carbons (Fsp3) is 0.600. The molecular formula is C15H22N4O3. The summed E-state index contributed by atoms with van der Waals surface area (Å²) < 4.78 is 0. The van der Waals surface area contributed by atoms with Gasteiger partial charge < -0.3 is 5.32 Å². The largest absolute Gasteiger partial charge is 0.323 e. The second-order valence-corrected chi connectivity index (χ2v) is 6.57. The Morgan fingerprint density at radius 1 is 1.45 bits per heavy atom. The molecule has 120 valence electrons. The molecule has 1 amide bonds. The molecule has 7 nitrogen and oxygen atoms in total. The topological polar surface area (TPSA) is 88.4 Å². The maximum absolute atomic E-state index is 12.1. The van der Waals surface area contributed by atoms with Crippen LogP contribution in [0, 0.1) is 22.5 Å². The minimum atomic E-state index is -0.495. The van der Waals surface area contributed by atoms with Crippen molar-refractivity contribution in [3.8, 4) is 0 Å². The molecule has 2 rings (SSSR count). The number of pyridine rings is 1. The normalized spacial score (nSPS) is 18.0. The minimum Gasteiger partial charge on any atom is -0.323 e. The molecule has 1 aromatic heterocycles. The molecule has 0 unspecified atom stereocenters. The van der Waals surface area contributed by atoms with Crippen molar-refractivity contribution in [2.24, 2.45) is 5.41 Å². The smallest absolute Gasteiger partial charge is 0.292 e. The number of hydrogen-bond acceptors (Lipinski definition) is 5. The number of hydrogen-bond donors (Lipinski definition) is 1. The van der Waals surface area contributed by atoms with Gasteiger partial charge in [-0.05, 0) is 38.3 Å². The molecule has 7 heteroatoms. The Labute approximate surface area is 129 Å². The van der Waals surface area contributed by atoms with Gasteiger partial charge in [0.2, 0.25) is 5.91 Å². The van der Waals surface area contributed by atoms with Crippen molar-refractivity contribution in [3.05, 3.63) is 28.1 Å². The number of nitro groups is 1. The highest BCUT2D eigenvalue weighted by atomic mass is 16.6. The summed E-state index contributed by atoms with van der Waals surface area (Å²) in [5, 5.41) is 13.6. The second kappa shape index (κ2) is 6.39. The molecule has 0 spiro atoms. The zero-order chi connectivity index (χ0) is 16.3. The summed E-state index contributed by atoms with van der Waals surface area (Å²) in [4.78, 5) is 28.5. The standard InChI is InChI=1S/C15H22N4O3/c1-11-13(19(21)22)8-12(9-16-11)17-14(20)10-18-6-4-15(2,3)5-7-18/h8-9H,4-7,10H2,1-3H3,(H,17,20). The van der Waals surface area contributed by atoms with Crippen molar-refractivity contribution < 1.29 is 9.72 Å². The zero-order valence-electron chi connectivity index (χ0n) is 13.3. The SMILES string of the molecule is Cc1ncc(NC(=O)CN2CCC(C)(C)CC2)cc1[N+](=O)[O-]. The minimum absolute atomic E-state index is 0.0856. The summed E-state index contributed by atoms with van der Waals surface area (Å²) in [6.07, 6.45) is 3.58. The number of aryl methyl sites for hydroxylation is 1. The third-order valence-electron chi connectivity index (χ3n) is 4.12. The van der Waals surface area contributed by atoms with Gasteiger partial charge in [0.05, 0.1) is 23.4 Å². The van der Waals surface area contributed by atoms with E-state index in [1.54, 1.807) is 6.92 Å². The van der Waals surface area contributed by atoms with Crippen LogP contribution in [-0.4, -0.2) is 40.3 Å². The molecule has 1 saturated heterocycles. The molecule has 1 aliphatic heterocycles. The van der Waals surface area contributed by atoms with E-state index in [2.05, 4.69) is 29.0 Å². The first-order valence-corrected chi connectivity index (χ1v) is 7.40. The molecule has 0 aromatic carbocycles. The lowest BCUT2D eigenvalue weighted by molar-refractivity contribution is -0.385. The highest BCUT2D eigenvalue weighted by molar-refractivity contribution is 5.92. The molecule has 0 saturated carbocycles. The molecule has 1 aliphatic rings. The van der Waals surface area contributed by atoms with Gasteiger partial charge in [0.25, 0.3) is 5.69 Å². The zero-order valence-corrected chi connectivity index (χ0v) is 13.3. The fourth-order valence-electron chi connectivity index (χ4n) is 2.49. The van der Waals surface area contributed by atoms with Gasteiger partial charge in [0, 0.05) is 6.07 Å². The van der Waals surface area contributed by atoms with E-state index in [9.17, 15) is 14.9 Å². The predicted molar refractivity (Wildman–Crippen MR) is 83.7 cm³/mol. The summed E-state index contributed by atoms with van der Waals surface area (Å²) in [5.41, 5.74) is 0.951. The van der Waals surface area contributed by atoms with Crippen LogP contribution in [0.3, 0.4) is 0 Å². The van der Waals surface area contributed by atoms with Gasteiger partial charge in [-0.2, -0.15) is 0 Å². The van der Waals surface area contributed by atoms with Crippen LogP contribution in [0.1, 0.15) is 32.4 Å². The van der Waals surface area contributed by atoms with E-state index in [0.717, 1.165) is 25.9 Å². The summed E-state index contributed by atoms with van der Waals surface area (Å²) in [6, 6.07) is 1.35. The van der Waals surface area contributed by atoms with Gasteiger partial charge in [-0.3, -0.25) is 24.8 Å². The van der Waals surface area contributed by atoms with E-state index in [1.165, 1.54) is 12.3 Å². The summed E-state index contributed by atoms with van der Waals surface area (Å²) in [6.45, 7) is 8.14. The Kier molecular flexibility index (Phi) is 4.75. The summed E-state index contributed by atoms with van der Waals surface area (Å²) in [5.74, 6) is -0.167. The van der Waals surface area contributed by atoms with E-state index in [1.807, 2.05) is 0 Å². The van der Waals surface area contributed by atoms with E-state index in [0.29, 0.717) is 23.3 Å². The second-order valence-electron chi connectivity index (χ2n) is 6.57. The van der Waals surface area contributed by atoms with Crippen LogP contribution >= 0.6 is 0 Å². The van der Waals surface area contributed by atoms with Gasteiger partial charge >= 0.3 is 0 Å². The highest BCUT2D eigenvalue weighted by Gasteiger charge is 2.26. The lowest BCUT2D eigenvalue weighted by atomic mass is 9.83. The lowest BCUT2D eigenvalue weighted by Gasteiger charge is -2.36. The predicted octanol–water partition coefficient (Wildman–Crippen LogP) is 2.36. The van der Waals surface area contributed by atoms with Gasteiger partial charge in [-0.1, -0.05) is 13.8 Å². The molecule has 1 N–H and O–H groups in total. The first kappa shape index (κ1) is 16.4. The number of anilines is 1. The highest BCUT2D eigenvalue weighted by Crippen LogP contribution is 2.29. The number of aromatic nitrogens is 1. The summed E-state index contributed by atoms with van der Waals surface area (Å²) in [7, 11) is 0. The maximum atomic E-state index is 12.1. The molecule has 0 aliphatic carbocycles. The molecular weight excluding hydrogens is 284 g/mol. The van der Waals surface area contributed by atoms with Gasteiger partial charge in [0.15, 0.2) is 0 Å². The molecule has 0 bridgehead atoms. The van der Waals surface area contributed by atoms with E-state index in [4.69, 9.17) is 0 Å². The van der Waals surface area contributed by atoms with Crippen LogP contribution in [0.4, 0.5) is 11.4 Å². The van der Waals surface area contributed by atoms with Crippen molar-refractivity contribution in [2.45, 2.75) is 33.6 Å². The van der Waals surface area contributed by atoms with Gasteiger partial charge in [0.1, 0.15) is 5.69 Å². The Hall–Kier alpha value is -2.02. The van der Waals surface area contributed by atoms with E-state index >= 15 is 0 Å². The van der Waals surface area contributed by atoms with Crippen molar-refractivity contribution in [3.63, 3.8) is 0 Å². The number of amides is 1. The average Bonchev–Trinajstić information content (AvgIpc) is 2.43. The van der Waals surface area contributed by atoms with E-state index < -0.39 is 4.92 Å². The van der Waals surface area contributed by atoms with E-state index in [-0.39, 0.29) is 11.6 Å². The monoisotopic (exact) mass is 306 g/mol. The van der Waals surface area contributed by atoms with Crippen LogP contribution in [0.25, 0.3) is 0 Å². The number of carbonyl (C=O) groups excluding carboxylic acids is 1. The average molecular weight is 306 g/mol.